The molecule has 0 bridgehead atoms. The van der Waals surface area contributed by atoms with E-state index in [-0.39, 0.29) is 11.5 Å². The second-order valence-electron chi connectivity index (χ2n) is 7.96. The molecule has 1 saturated carbocycles. The lowest BCUT2D eigenvalue weighted by molar-refractivity contribution is 0.200. The molecule has 1 unspecified atom stereocenters. The van der Waals surface area contributed by atoms with E-state index >= 15 is 0 Å². The highest BCUT2D eigenvalue weighted by Crippen LogP contribution is 2.41. The highest BCUT2D eigenvalue weighted by Gasteiger charge is 2.32. The van der Waals surface area contributed by atoms with Gasteiger partial charge in [-0.2, -0.15) is 0 Å². The van der Waals surface area contributed by atoms with E-state index in [4.69, 9.17) is 9.47 Å². The Kier molecular flexibility index (Phi) is 6.18. The minimum Gasteiger partial charge on any atom is -0.493 e. The van der Waals surface area contributed by atoms with E-state index in [1.54, 1.807) is 7.11 Å². The van der Waals surface area contributed by atoms with E-state index in [1.165, 1.54) is 24.0 Å². The van der Waals surface area contributed by atoms with Gasteiger partial charge < -0.3 is 9.47 Å². The number of pyridine rings is 1. The minimum atomic E-state index is -0.386. The Morgan fingerprint density at radius 1 is 0.967 bits per heavy atom. The summed E-state index contributed by atoms with van der Waals surface area (Å²) in [6.45, 7) is 4.27. The van der Waals surface area contributed by atoms with E-state index in [1.807, 2.05) is 24.5 Å². The lowest BCUT2D eigenvalue weighted by Crippen LogP contribution is -2.28. The van der Waals surface area contributed by atoms with Gasteiger partial charge in [0, 0.05) is 17.8 Å². The molecule has 2 aromatic carbocycles. The first kappa shape index (κ1) is 20.2. The second-order valence-corrected chi connectivity index (χ2v) is 7.96. The lowest BCUT2D eigenvalue weighted by atomic mass is 9.70. The number of nitrogens with zero attached hydrogens (tertiary/aromatic N) is 1. The van der Waals surface area contributed by atoms with Gasteiger partial charge in [-0.25, -0.2) is 0 Å². The molecule has 1 heterocycles. The third-order valence-corrected chi connectivity index (χ3v) is 6.14. The van der Waals surface area contributed by atoms with Crippen molar-refractivity contribution >= 4 is 0 Å². The quantitative estimate of drug-likeness (QED) is 0.427. The molecule has 0 aliphatic heterocycles. The Morgan fingerprint density at radius 2 is 1.70 bits per heavy atom. The van der Waals surface area contributed by atoms with Crippen LogP contribution in [0.15, 0.2) is 85.7 Å². The van der Waals surface area contributed by atoms with E-state index in [9.17, 15) is 0 Å². The van der Waals surface area contributed by atoms with Crippen LogP contribution in [0.4, 0.5) is 0 Å². The van der Waals surface area contributed by atoms with Crippen molar-refractivity contribution in [2.45, 2.75) is 43.6 Å². The molecule has 0 spiro atoms. The van der Waals surface area contributed by atoms with Gasteiger partial charge in [0.2, 0.25) is 0 Å². The van der Waals surface area contributed by atoms with Crippen molar-refractivity contribution in [2.75, 3.05) is 7.11 Å². The molecule has 1 atom stereocenters. The number of aromatic nitrogens is 1. The molecule has 0 radical (unpaired) electrons. The van der Waals surface area contributed by atoms with Crippen LogP contribution in [-0.4, -0.2) is 18.2 Å². The van der Waals surface area contributed by atoms with Crippen LogP contribution in [0.1, 0.15) is 42.4 Å². The van der Waals surface area contributed by atoms with Crippen molar-refractivity contribution in [3.05, 3.63) is 102 Å². The Balaban J connectivity index is 1.81. The van der Waals surface area contributed by atoms with Crippen LogP contribution in [0.5, 0.6) is 11.5 Å². The van der Waals surface area contributed by atoms with Gasteiger partial charge in [0.25, 0.3) is 0 Å². The average molecular weight is 400 g/mol. The maximum absolute atomic E-state index is 6.39. The Bertz CT molecular complexity index is 965. The monoisotopic (exact) mass is 399 g/mol. The SMILES string of the molecule is C=CC(Cc1ccncc1)(c1ccccc1)c1ccc(OC)c(OC2CCCC2)c1. The minimum absolute atomic E-state index is 0.268. The molecule has 0 amide bonds. The van der Waals surface area contributed by atoms with Crippen molar-refractivity contribution in [3.8, 4) is 11.5 Å². The summed E-state index contributed by atoms with van der Waals surface area (Å²) in [6.07, 6.45) is 11.5. The van der Waals surface area contributed by atoms with Crippen molar-refractivity contribution in [3.63, 3.8) is 0 Å². The van der Waals surface area contributed by atoms with Crippen molar-refractivity contribution in [1.82, 2.24) is 4.98 Å². The van der Waals surface area contributed by atoms with Gasteiger partial charge in [-0.3, -0.25) is 4.98 Å². The first-order chi connectivity index (χ1) is 14.7. The summed E-state index contributed by atoms with van der Waals surface area (Å²) < 4.78 is 12.0. The van der Waals surface area contributed by atoms with E-state index in [2.05, 4.69) is 66.2 Å². The number of hydrogen-bond donors (Lipinski definition) is 0. The highest BCUT2D eigenvalue weighted by molar-refractivity contribution is 5.52. The summed E-state index contributed by atoms with van der Waals surface area (Å²) in [5, 5.41) is 0. The summed E-state index contributed by atoms with van der Waals surface area (Å²) in [7, 11) is 1.70. The fraction of sp³-hybridized carbons (Fsp3) is 0.296. The predicted molar refractivity (Wildman–Crippen MR) is 121 cm³/mol. The van der Waals surface area contributed by atoms with Crippen LogP contribution < -0.4 is 9.47 Å². The first-order valence-electron chi connectivity index (χ1n) is 10.7. The van der Waals surface area contributed by atoms with Gasteiger partial charge in [0.1, 0.15) is 0 Å². The zero-order valence-corrected chi connectivity index (χ0v) is 17.6. The molecule has 1 aliphatic rings. The summed E-state index contributed by atoms with van der Waals surface area (Å²) >= 11 is 0. The smallest absolute Gasteiger partial charge is 0.161 e. The van der Waals surface area contributed by atoms with E-state index in [0.717, 1.165) is 36.3 Å². The van der Waals surface area contributed by atoms with E-state index < -0.39 is 0 Å². The molecule has 3 nitrogen and oxygen atoms in total. The molecule has 0 N–H and O–H groups in total. The molecule has 30 heavy (non-hydrogen) atoms. The molecule has 3 aromatic rings. The average Bonchev–Trinajstić information content (AvgIpc) is 3.32. The molecule has 1 aromatic heterocycles. The molecule has 1 fully saturated rings. The summed E-state index contributed by atoms with van der Waals surface area (Å²) in [5.41, 5.74) is 3.17. The van der Waals surface area contributed by atoms with Gasteiger partial charge in [-0.15, -0.1) is 6.58 Å². The molecule has 154 valence electrons. The lowest BCUT2D eigenvalue weighted by Gasteiger charge is -2.33. The van der Waals surface area contributed by atoms with Crippen molar-refractivity contribution in [1.29, 1.82) is 0 Å². The largest absolute Gasteiger partial charge is 0.493 e. The van der Waals surface area contributed by atoms with Crippen LogP contribution in [-0.2, 0) is 11.8 Å². The Hall–Kier alpha value is -3.07. The van der Waals surface area contributed by atoms with Crippen LogP contribution in [0.3, 0.4) is 0 Å². The van der Waals surface area contributed by atoms with Crippen molar-refractivity contribution in [2.24, 2.45) is 0 Å². The van der Waals surface area contributed by atoms with Gasteiger partial charge >= 0.3 is 0 Å². The number of methoxy groups -OCH3 is 1. The third kappa shape index (κ3) is 4.11. The van der Waals surface area contributed by atoms with E-state index in [0.29, 0.717) is 0 Å². The predicted octanol–water partition coefficient (Wildman–Crippen LogP) is 6.13. The molecule has 0 saturated heterocycles. The van der Waals surface area contributed by atoms with Gasteiger partial charge in [-0.1, -0.05) is 42.5 Å². The Labute approximate surface area is 179 Å². The zero-order chi connectivity index (χ0) is 20.8. The van der Waals surface area contributed by atoms with Crippen LogP contribution in [0.25, 0.3) is 0 Å². The molecular weight excluding hydrogens is 370 g/mol. The van der Waals surface area contributed by atoms with Crippen LogP contribution >= 0.6 is 0 Å². The van der Waals surface area contributed by atoms with Crippen LogP contribution in [0, 0.1) is 0 Å². The highest BCUT2D eigenvalue weighted by atomic mass is 16.5. The van der Waals surface area contributed by atoms with Crippen LogP contribution in [0.2, 0.25) is 0 Å². The fourth-order valence-corrected chi connectivity index (χ4v) is 4.47. The summed E-state index contributed by atoms with van der Waals surface area (Å²) in [6, 6.07) is 21.0. The third-order valence-electron chi connectivity index (χ3n) is 6.14. The molecule has 4 rings (SSSR count). The number of benzene rings is 2. The first-order valence-corrected chi connectivity index (χ1v) is 10.7. The number of rotatable bonds is 8. The van der Waals surface area contributed by atoms with Crippen molar-refractivity contribution < 1.29 is 9.47 Å². The number of allylic oxidation sites excluding steroid dienone is 1. The number of hydrogen-bond acceptors (Lipinski definition) is 3. The zero-order valence-electron chi connectivity index (χ0n) is 17.6. The van der Waals surface area contributed by atoms with Gasteiger partial charge in [0.15, 0.2) is 11.5 Å². The normalized spacial score (nSPS) is 16.0. The maximum Gasteiger partial charge on any atom is 0.161 e. The summed E-state index contributed by atoms with van der Waals surface area (Å²) in [4.78, 5) is 4.18. The fourth-order valence-electron chi connectivity index (χ4n) is 4.47. The van der Waals surface area contributed by atoms with Gasteiger partial charge in [0.05, 0.1) is 13.2 Å². The van der Waals surface area contributed by atoms with Gasteiger partial charge in [-0.05, 0) is 73.1 Å². The topological polar surface area (TPSA) is 31.4 Å². The summed E-state index contributed by atoms with van der Waals surface area (Å²) in [5.74, 6) is 1.60. The molecule has 3 heteroatoms. The number of ether oxygens (including phenoxy) is 2. The second kappa shape index (κ2) is 9.17. The standard InChI is InChI=1S/C27H29NO2/c1-3-27(22-9-5-4-6-10-22,20-21-15-17-28-18-16-21)23-13-14-25(29-2)26(19-23)30-24-11-7-8-12-24/h3-6,9-10,13-19,24H,1,7-8,11-12,20H2,2H3. The molecule has 1 aliphatic carbocycles. The molecular formula is C27H29NO2. The Morgan fingerprint density at radius 3 is 2.37 bits per heavy atom. The maximum atomic E-state index is 6.39.